The molecule has 31 heavy (non-hydrogen) atoms. The Morgan fingerprint density at radius 2 is 1.48 bits per heavy atom. The van der Waals surface area contributed by atoms with Crippen molar-refractivity contribution in [3.8, 4) is 0 Å². The maximum absolute atomic E-state index is 12.5. The number of amides is 2. The molecule has 9 nitrogen and oxygen atoms in total. The molecule has 0 saturated carbocycles. The van der Waals surface area contributed by atoms with Gasteiger partial charge in [-0.1, -0.05) is 13.8 Å². The number of carbonyl (C=O) groups is 3. The van der Waals surface area contributed by atoms with Crippen LogP contribution in [0, 0.1) is 0 Å². The summed E-state index contributed by atoms with van der Waals surface area (Å²) in [6.45, 7) is 5.56. The van der Waals surface area contributed by atoms with Crippen LogP contribution in [0.25, 0.3) is 0 Å². The van der Waals surface area contributed by atoms with Crippen LogP contribution in [0.3, 0.4) is 0 Å². The number of ether oxygens (including phenoxy) is 1. The summed E-state index contributed by atoms with van der Waals surface area (Å²) in [6.07, 6.45) is -1.11. The minimum atomic E-state index is -3.64. The monoisotopic (exact) mass is 447 g/mol. The zero-order chi connectivity index (χ0) is 23.2. The highest BCUT2D eigenvalue weighted by atomic mass is 32.2. The average molecular weight is 448 g/mol. The number of sulfonamides is 1. The first kappa shape index (κ1) is 24.0. The highest BCUT2D eigenvalue weighted by molar-refractivity contribution is 7.89. The highest BCUT2D eigenvalue weighted by Crippen LogP contribution is 2.17. The molecule has 0 aliphatic carbocycles. The van der Waals surface area contributed by atoms with Crippen LogP contribution in [-0.2, 0) is 19.6 Å². The topological polar surface area (TPSA) is 136 Å². The molecule has 0 bridgehead atoms. The van der Waals surface area contributed by atoms with E-state index in [1.807, 2.05) is 0 Å². The molecule has 2 aromatic carbocycles. The molecule has 0 fully saturated rings. The lowest BCUT2D eigenvalue weighted by atomic mass is 10.2. The van der Waals surface area contributed by atoms with Crippen molar-refractivity contribution in [2.24, 2.45) is 5.73 Å². The van der Waals surface area contributed by atoms with Crippen molar-refractivity contribution in [1.82, 2.24) is 4.31 Å². The second kappa shape index (κ2) is 10.2. The average Bonchev–Trinajstić information content (AvgIpc) is 2.74. The van der Waals surface area contributed by atoms with Crippen molar-refractivity contribution in [1.29, 1.82) is 0 Å². The van der Waals surface area contributed by atoms with E-state index < -0.39 is 33.9 Å². The van der Waals surface area contributed by atoms with Gasteiger partial charge in [-0.3, -0.25) is 9.59 Å². The van der Waals surface area contributed by atoms with Crippen molar-refractivity contribution in [3.05, 3.63) is 59.7 Å². The number of nitrogens with two attached hydrogens (primary N) is 1. The van der Waals surface area contributed by atoms with Gasteiger partial charge in [-0.05, 0) is 55.5 Å². The van der Waals surface area contributed by atoms with Crippen LogP contribution < -0.4 is 11.1 Å². The fourth-order valence-corrected chi connectivity index (χ4v) is 4.18. The van der Waals surface area contributed by atoms with Gasteiger partial charge in [0.25, 0.3) is 5.91 Å². The molecule has 0 aliphatic heterocycles. The van der Waals surface area contributed by atoms with E-state index in [-0.39, 0.29) is 10.5 Å². The smallest absolute Gasteiger partial charge is 0.338 e. The molecule has 10 heteroatoms. The molecule has 0 spiro atoms. The van der Waals surface area contributed by atoms with Crippen molar-refractivity contribution < 1.29 is 27.5 Å². The summed E-state index contributed by atoms with van der Waals surface area (Å²) in [4.78, 5) is 35.7. The van der Waals surface area contributed by atoms with Crippen molar-refractivity contribution in [3.63, 3.8) is 0 Å². The maximum Gasteiger partial charge on any atom is 0.338 e. The number of rotatable bonds is 9. The Balaban J connectivity index is 2.02. The SMILES string of the molecule is CCN(CC)S(=O)(=O)c1ccc(C(=O)OC(C)C(=O)Nc2ccc(C(N)=O)cc2)cc1. The first-order valence-corrected chi connectivity index (χ1v) is 11.1. The number of hydrogen-bond acceptors (Lipinski definition) is 6. The van der Waals surface area contributed by atoms with Crippen LogP contribution in [0.5, 0.6) is 0 Å². The lowest BCUT2D eigenvalue weighted by Crippen LogP contribution is -2.31. The molecule has 0 heterocycles. The second-order valence-corrected chi connectivity index (χ2v) is 8.53. The van der Waals surface area contributed by atoms with E-state index in [2.05, 4.69) is 5.32 Å². The van der Waals surface area contributed by atoms with Gasteiger partial charge in [0.2, 0.25) is 15.9 Å². The number of nitrogens with zero attached hydrogens (tertiary/aromatic N) is 1. The lowest BCUT2D eigenvalue weighted by Gasteiger charge is -2.18. The number of benzene rings is 2. The number of primary amides is 1. The fraction of sp³-hybridized carbons (Fsp3) is 0.286. The van der Waals surface area contributed by atoms with E-state index in [4.69, 9.17) is 10.5 Å². The predicted molar refractivity (Wildman–Crippen MR) is 115 cm³/mol. The summed E-state index contributed by atoms with van der Waals surface area (Å²) < 4.78 is 31.5. The van der Waals surface area contributed by atoms with Crippen molar-refractivity contribution in [2.75, 3.05) is 18.4 Å². The van der Waals surface area contributed by atoms with Crippen LogP contribution in [-0.4, -0.2) is 49.7 Å². The summed E-state index contributed by atoms with van der Waals surface area (Å²) >= 11 is 0. The third-order valence-electron chi connectivity index (χ3n) is 4.52. The van der Waals surface area contributed by atoms with Crippen LogP contribution in [0.4, 0.5) is 5.69 Å². The number of esters is 1. The van der Waals surface area contributed by atoms with Gasteiger partial charge in [0.15, 0.2) is 6.10 Å². The van der Waals surface area contributed by atoms with Gasteiger partial charge in [0.05, 0.1) is 10.5 Å². The van der Waals surface area contributed by atoms with E-state index in [1.54, 1.807) is 13.8 Å². The zero-order valence-corrected chi connectivity index (χ0v) is 18.3. The second-order valence-electron chi connectivity index (χ2n) is 6.59. The molecular formula is C21H25N3O6S. The Labute approximate surface area is 181 Å². The molecule has 1 atom stereocenters. The van der Waals surface area contributed by atoms with Crippen LogP contribution in [0.2, 0.25) is 0 Å². The van der Waals surface area contributed by atoms with Crippen LogP contribution in [0.15, 0.2) is 53.4 Å². The normalized spacial score (nSPS) is 12.3. The highest BCUT2D eigenvalue weighted by Gasteiger charge is 2.23. The first-order chi connectivity index (χ1) is 14.6. The van der Waals surface area contributed by atoms with E-state index in [0.717, 1.165) is 0 Å². The van der Waals surface area contributed by atoms with Gasteiger partial charge >= 0.3 is 5.97 Å². The molecule has 0 radical (unpaired) electrons. The summed E-state index contributed by atoms with van der Waals surface area (Å²) in [5, 5.41) is 2.57. The molecule has 0 aliphatic rings. The van der Waals surface area contributed by atoms with Crippen molar-refractivity contribution in [2.45, 2.75) is 31.8 Å². The molecule has 2 amide bonds. The predicted octanol–water partition coefficient (Wildman–Crippen LogP) is 2.00. The summed E-state index contributed by atoms with van der Waals surface area (Å²) in [5.74, 6) is -1.92. The lowest BCUT2D eigenvalue weighted by molar-refractivity contribution is -0.123. The van der Waals surface area contributed by atoms with Gasteiger partial charge in [-0.25, -0.2) is 13.2 Å². The van der Waals surface area contributed by atoms with E-state index in [9.17, 15) is 22.8 Å². The minimum Gasteiger partial charge on any atom is -0.449 e. The van der Waals surface area contributed by atoms with Gasteiger partial charge < -0.3 is 15.8 Å². The molecule has 0 aromatic heterocycles. The molecule has 166 valence electrons. The molecule has 2 rings (SSSR count). The molecule has 2 aromatic rings. The summed E-state index contributed by atoms with van der Waals surface area (Å²) in [6, 6.07) is 11.3. The van der Waals surface area contributed by atoms with Gasteiger partial charge in [0, 0.05) is 24.3 Å². The Hall–Kier alpha value is -3.24. The third-order valence-corrected chi connectivity index (χ3v) is 6.59. The Morgan fingerprint density at radius 3 is 1.97 bits per heavy atom. The molecule has 3 N–H and O–H groups in total. The first-order valence-electron chi connectivity index (χ1n) is 9.62. The molecular weight excluding hydrogens is 422 g/mol. The van der Waals surface area contributed by atoms with Crippen LogP contribution in [0.1, 0.15) is 41.5 Å². The quantitative estimate of drug-likeness (QED) is 0.564. The van der Waals surface area contributed by atoms with Gasteiger partial charge in [0.1, 0.15) is 0 Å². The van der Waals surface area contributed by atoms with Crippen LogP contribution >= 0.6 is 0 Å². The largest absolute Gasteiger partial charge is 0.449 e. The van der Waals surface area contributed by atoms with Crippen molar-refractivity contribution >= 4 is 33.5 Å². The Morgan fingerprint density at radius 1 is 0.968 bits per heavy atom. The number of anilines is 1. The minimum absolute atomic E-state index is 0.0675. The standard InChI is InChI=1S/C21H25N3O6S/c1-4-24(5-2)31(28,29)18-12-8-16(9-13-18)21(27)30-14(3)20(26)23-17-10-6-15(7-11-17)19(22)25/h6-14H,4-5H2,1-3H3,(H2,22,25)(H,23,26). The number of carbonyl (C=O) groups excluding carboxylic acids is 3. The third kappa shape index (κ3) is 5.89. The molecule has 1 unspecified atom stereocenters. The number of hydrogen-bond donors (Lipinski definition) is 2. The molecule has 0 saturated heterocycles. The number of nitrogens with one attached hydrogen (secondary N) is 1. The van der Waals surface area contributed by atoms with Gasteiger partial charge in [-0.2, -0.15) is 4.31 Å². The fourth-order valence-electron chi connectivity index (χ4n) is 2.72. The summed E-state index contributed by atoms with van der Waals surface area (Å²) in [5.41, 5.74) is 5.98. The summed E-state index contributed by atoms with van der Waals surface area (Å²) in [7, 11) is -3.64. The van der Waals surface area contributed by atoms with E-state index in [1.165, 1.54) is 59.8 Å². The van der Waals surface area contributed by atoms with E-state index >= 15 is 0 Å². The van der Waals surface area contributed by atoms with E-state index in [0.29, 0.717) is 24.3 Å². The zero-order valence-electron chi connectivity index (χ0n) is 17.5. The van der Waals surface area contributed by atoms with Gasteiger partial charge in [-0.15, -0.1) is 0 Å². The Kier molecular flexibility index (Phi) is 7.89. The Bertz CT molecular complexity index is 1050. The maximum atomic E-state index is 12.5.